The number of nitrogens with one attached hydrogen (secondary N) is 1. The Morgan fingerprint density at radius 3 is 2.78 bits per heavy atom. The molecular weight excluding hydrogens is 110 g/mol. The molecule has 0 fully saturated rings. The summed E-state index contributed by atoms with van der Waals surface area (Å²) in [5, 5.41) is 3.20. The molecule has 0 aromatic heterocycles. The second kappa shape index (κ2) is 7.70. The molecule has 0 aliphatic carbocycles. The van der Waals surface area contributed by atoms with E-state index >= 15 is 0 Å². The molecule has 0 amide bonds. The summed E-state index contributed by atoms with van der Waals surface area (Å²) in [6.07, 6.45) is 5.31. The number of unbranched alkanes of at least 4 members (excludes halogenated alkanes) is 1. The zero-order valence-electron chi connectivity index (χ0n) is 6.19. The molecule has 0 heterocycles. The SMILES string of the molecule is C=CCC[CH]NCCC. The molecule has 0 rings (SSSR count). The van der Waals surface area contributed by atoms with Crippen LogP contribution in [0.4, 0.5) is 0 Å². The molecule has 0 aliphatic rings. The summed E-state index contributed by atoms with van der Waals surface area (Å²) in [7, 11) is 0. The number of hydrogen-bond acceptors (Lipinski definition) is 1. The Hall–Kier alpha value is -0.300. The van der Waals surface area contributed by atoms with Crippen LogP contribution in [0, 0.1) is 6.54 Å². The molecule has 53 valence electrons. The van der Waals surface area contributed by atoms with Crippen LogP contribution < -0.4 is 5.32 Å². The van der Waals surface area contributed by atoms with Gasteiger partial charge in [-0.2, -0.15) is 0 Å². The summed E-state index contributed by atoms with van der Waals surface area (Å²) in [5.41, 5.74) is 0. The van der Waals surface area contributed by atoms with Crippen molar-refractivity contribution < 1.29 is 0 Å². The van der Waals surface area contributed by atoms with Gasteiger partial charge in [-0.3, -0.25) is 0 Å². The van der Waals surface area contributed by atoms with E-state index in [2.05, 4.69) is 25.4 Å². The van der Waals surface area contributed by atoms with Crippen LogP contribution in [0.25, 0.3) is 0 Å². The normalized spacial score (nSPS) is 9.44. The summed E-state index contributed by atoms with van der Waals surface area (Å²) in [4.78, 5) is 0. The van der Waals surface area contributed by atoms with E-state index in [-0.39, 0.29) is 0 Å². The molecule has 0 aromatic rings. The van der Waals surface area contributed by atoms with Gasteiger partial charge in [0.15, 0.2) is 0 Å². The highest BCUT2D eigenvalue weighted by molar-refractivity contribution is 4.71. The van der Waals surface area contributed by atoms with Crippen molar-refractivity contribution in [2.45, 2.75) is 26.2 Å². The van der Waals surface area contributed by atoms with Gasteiger partial charge in [0, 0.05) is 6.54 Å². The van der Waals surface area contributed by atoms with Crippen LogP contribution in [0.2, 0.25) is 0 Å². The Morgan fingerprint density at radius 2 is 2.22 bits per heavy atom. The van der Waals surface area contributed by atoms with Gasteiger partial charge >= 0.3 is 0 Å². The van der Waals surface area contributed by atoms with Crippen LogP contribution in [0.5, 0.6) is 0 Å². The van der Waals surface area contributed by atoms with Crippen LogP contribution in [0.3, 0.4) is 0 Å². The molecule has 0 saturated heterocycles. The largest absolute Gasteiger partial charge is 0.312 e. The van der Waals surface area contributed by atoms with Crippen LogP contribution in [0.15, 0.2) is 12.7 Å². The second-order valence-corrected chi connectivity index (χ2v) is 2.02. The zero-order chi connectivity index (χ0) is 6.95. The van der Waals surface area contributed by atoms with Crippen molar-refractivity contribution in [1.82, 2.24) is 5.32 Å². The molecule has 0 aromatic carbocycles. The van der Waals surface area contributed by atoms with E-state index in [1.807, 2.05) is 6.08 Å². The number of rotatable bonds is 6. The maximum Gasteiger partial charge on any atom is 0.0224 e. The third-order valence-corrected chi connectivity index (χ3v) is 1.05. The third-order valence-electron chi connectivity index (χ3n) is 1.05. The summed E-state index contributed by atoms with van der Waals surface area (Å²) < 4.78 is 0. The topological polar surface area (TPSA) is 12.0 Å². The molecule has 1 heteroatoms. The van der Waals surface area contributed by atoms with Gasteiger partial charge in [0.2, 0.25) is 0 Å². The van der Waals surface area contributed by atoms with Gasteiger partial charge in [-0.05, 0) is 25.8 Å². The Balaban J connectivity index is 2.66. The van der Waals surface area contributed by atoms with Gasteiger partial charge in [0.25, 0.3) is 0 Å². The number of hydrogen-bond donors (Lipinski definition) is 1. The molecule has 0 unspecified atom stereocenters. The highest BCUT2D eigenvalue weighted by Gasteiger charge is 1.82. The molecule has 1 radical (unpaired) electrons. The van der Waals surface area contributed by atoms with E-state index < -0.39 is 0 Å². The first kappa shape index (κ1) is 8.70. The molecule has 0 atom stereocenters. The van der Waals surface area contributed by atoms with Crippen molar-refractivity contribution in [2.24, 2.45) is 0 Å². The summed E-state index contributed by atoms with van der Waals surface area (Å²) in [6, 6.07) is 0. The molecule has 0 aliphatic heterocycles. The second-order valence-electron chi connectivity index (χ2n) is 2.02. The molecular formula is C8H16N. The molecule has 9 heavy (non-hydrogen) atoms. The van der Waals surface area contributed by atoms with E-state index in [0.29, 0.717) is 0 Å². The van der Waals surface area contributed by atoms with Gasteiger partial charge in [-0.1, -0.05) is 13.0 Å². The first-order valence-electron chi connectivity index (χ1n) is 3.57. The molecule has 1 N–H and O–H groups in total. The Bertz CT molecular complexity index is 59.6. The Labute approximate surface area is 58.2 Å². The zero-order valence-corrected chi connectivity index (χ0v) is 6.19. The minimum atomic E-state index is 1.08. The lowest BCUT2D eigenvalue weighted by Gasteiger charge is -1.97. The fraction of sp³-hybridized carbons (Fsp3) is 0.625. The van der Waals surface area contributed by atoms with E-state index in [1.54, 1.807) is 0 Å². The van der Waals surface area contributed by atoms with E-state index in [4.69, 9.17) is 0 Å². The maximum absolute atomic E-state index is 3.63. The van der Waals surface area contributed by atoms with E-state index in [9.17, 15) is 0 Å². The molecule has 0 saturated carbocycles. The van der Waals surface area contributed by atoms with Crippen molar-refractivity contribution >= 4 is 0 Å². The van der Waals surface area contributed by atoms with Crippen molar-refractivity contribution in [3.05, 3.63) is 19.2 Å². The fourth-order valence-corrected chi connectivity index (χ4v) is 0.550. The van der Waals surface area contributed by atoms with Crippen LogP contribution in [-0.4, -0.2) is 6.54 Å². The van der Waals surface area contributed by atoms with Gasteiger partial charge in [-0.15, -0.1) is 6.58 Å². The first-order valence-corrected chi connectivity index (χ1v) is 3.57. The quantitative estimate of drug-likeness (QED) is 0.424. The first-order chi connectivity index (χ1) is 4.41. The average Bonchev–Trinajstić information content (AvgIpc) is 1.89. The maximum atomic E-state index is 3.63. The van der Waals surface area contributed by atoms with Gasteiger partial charge in [-0.25, -0.2) is 0 Å². The molecule has 0 bridgehead atoms. The fourth-order valence-electron chi connectivity index (χ4n) is 0.550. The van der Waals surface area contributed by atoms with E-state index in [1.165, 1.54) is 6.42 Å². The van der Waals surface area contributed by atoms with Crippen LogP contribution >= 0.6 is 0 Å². The summed E-state index contributed by atoms with van der Waals surface area (Å²) in [5.74, 6) is 0. The van der Waals surface area contributed by atoms with Crippen molar-refractivity contribution in [3.8, 4) is 0 Å². The minimum Gasteiger partial charge on any atom is -0.312 e. The van der Waals surface area contributed by atoms with Crippen molar-refractivity contribution in [1.29, 1.82) is 0 Å². The summed E-state index contributed by atoms with van der Waals surface area (Å²) >= 11 is 0. The molecule has 0 spiro atoms. The average molecular weight is 126 g/mol. The smallest absolute Gasteiger partial charge is 0.0224 e. The summed E-state index contributed by atoms with van der Waals surface area (Å²) in [6.45, 7) is 8.99. The van der Waals surface area contributed by atoms with Gasteiger partial charge in [0.05, 0.1) is 0 Å². The van der Waals surface area contributed by atoms with E-state index in [0.717, 1.165) is 19.4 Å². The van der Waals surface area contributed by atoms with Gasteiger partial charge < -0.3 is 5.32 Å². The highest BCUT2D eigenvalue weighted by atomic mass is 14.8. The number of allylic oxidation sites excluding steroid dienone is 1. The highest BCUT2D eigenvalue weighted by Crippen LogP contribution is 1.89. The van der Waals surface area contributed by atoms with Gasteiger partial charge in [0.1, 0.15) is 0 Å². The predicted octanol–water partition coefficient (Wildman–Crippen LogP) is 2.11. The van der Waals surface area contributed by atoms with Crippen LogP contribution in [-0.2, 0) is 0 Å². The van der Waals surface area contributed by atoms with Crippen LogP contribution in [0.1, 0.15) is 26.2 Å². The van der Waals surface area contributed by atoms with Crippen molar-refractivity contribution in [2.75, 3.05) is 6.54 Å². The van der Waals surface area contributed by atoms with Crippen molar-refractivity contribution in [3.63, 3.8) is 0 Å². The Morgan fingerprint density at radius 1 is 1.44 bits per heavy atom. The Kier molecular flexibility index (Phi) is 7.44. The predicted molar refractivity (Wildman–Crippen MR) is 42.0 cm³/mol. The third kappa shape index (κ3) is 7.70. The lowest BCUT2D eigenvalue weighted by Crippen LogP contribution is -2.09. The minimum absolute atomic E-state index is 1.08. The lowest BCUT2D eigenvalue weighted by atomic mass is 10.3. The molecule has 1 nitrogen and oxygen atoms in total. The lowest BCUT2D eigenvalue weighted by molar-refractivity contribution is 0.721. The standard InChI is InChI=1S/C8H16N/c1-3-5-6-8-9-7-4-2/h3,8-9H,1,4-7H2,2H3. The monoisotopic (exact) mass is 126 g/mol.